The van der Waals surface area contributed by atoms with Crippen LogP contribution in [0.15, 0.2) is 53.4 Å². The number of anilines is 1. The number of rotatable bonds is 9. The summed E-state index contributed by atoms with van der Waals surface area (Å²) in [6.07, 6.45) is -1.35. The highest BCUT2D eigenvalue weighted by Gasteiger charge is 2.31. The van der Waals surface area contributed by atoms with Crippen LogP contribution in [0.1, 0.15) is 16.7 Å². The van der Waals surface area contributed by atoms with Gasteiger partial charge < -0.3 is 24.1 Å². The Morgan fingerprint density at radius 3 is 1.76 bits per heavy atom. The monoisotopic (exact) mass is 539 g/mol. The molecule has 0 spiro atoms. The molecule has 0 saturated heterocycles. The smallest absolute Gasteiger partial charge is 0.416 e. The van der Waals surface area contributed by atoms with Crippen LogP contribution in [0.3, 0.4) is 0 Å². The zero-order valence-corrected chi connectivity index (χ0v) is 21.0. The fraction of sp³-hybridized carbons (Fsp3) is 0.200. The third-order valence-corrected chi connectivity index (χ3v) is 6.57. The lowest BCUT2D eigenvalue weighted by atomic mass is 10.1. The van der Waals surface area contributed by atoms with Crippen molar-refractivity contribution < 1.29 is 45.6 Å². The lowest BCUT2D eigenvalue weighted by Crippen LogP contribution is -2.14. The first kappa shape index (κ1) is 27.5. The summed E-state index contributed by atoms with van der Waals surface area (Å²) in [5, 5.41) is 10.4. The van der Waals surface area contributed by atoms with E-state index in [4.69, 9.17) is 18.9 Å². The molecule has 0 aliphatic rings. The maximum absolute atomic E-state index is 12.8. The summed E-state index contributed by atoms with van der Waals surface area (Å²) in [4.78, 5) is -0.402. The molecule has 0 aliphatic heterocycles. The lowest BCUT2D eigenvalue weighted by molar-refractivity contribution is -0.137. The molecule has 0 unspecified atom stereocenters. The predicted molar refractivity (Wildman–Crippen MR) is 132 cm³/mol. The number of benzene rings is 3. The number of hydrogen-bond donors (Lipinski definition) is 2. The summed E-state index contributed by atoms with van der Waals surface area (Å²) in [6.45, 7) is 0. The Bertz CT molecular complexity index is 1380. The van der Waals surface area contributed by atoms with Crippen LogP contribution < -0.4 is 23.7 Å². The van der Waals surface area contributed by atoms with Crippen molar-refractivity contribution in [2.45, 2.75) is 11.1 Å². The number of aromatic hydroxyl groups is 1. The quantitative estimate of drug-likeness (QED) is 0.350. The van der Waals surface area contributed by atoms with E-state index in [1.165, 1.54) is 40.6 Å². The molecule has 0 atom stereocenters. The standard InChI is InChI=1S/C25H24F3NO7S/c1-33-21-13-16(14-22(34-2)24(21)36-4)6-5-15-11-19(23(35-3)20(30)12-15)29-37(31,32)18-9-7-17(8-10-18)25(26,27)28/h5-14,29-30H,1-4H3. The number of hydrogen-bond acceptors (Lipinski definition) is 7. The van der Waals surface area contributed by atoms with Crippen molar-refractivity contribution in [2.24, 2.45) is 0 Å². The minimum atomic E-state index is -4.61. The van der Waals surface area contributed by atoms with Crippen LogP contribution in [0.4, 0.5) is 18.9 Å². The average molecular weight is 540 g/mol. The number of methoxy groups -OCH3 is 4. The molecule has 8 nitrogen and oxygen atoms in total. The minimum absolute atomic E-state index is 0.119. The maximum Gasteiger partial charge on any atom is 0.416 e. The van der Waals surface area contributed by atoms with Crippen molar-refractivity contribution in [3.8, 4) is 28.7 Å². The van der Waals surface area contributed by atoms with E-state index in [-0.39, 0.29) is 17.2 Å². The van der Waals surface area contributed by atoms with Gasteiger partial charge in [0.2, 0.25) is 5.75 Å². The number of nitrogens with one attached hydrogen (secondary N) is 1. The molecule has 37 heavy (non-hydrogen) atoms. The molecule has 0 aliphatic carbocycles. The molecule has 0 heterocycles. The van der Waals surface area contributed by atoms with E-state index in [1.54, 1.807) is 24.3 Å². The second-order valence-corrected chi connectivity index (χ2v) is 9.22. The zero-order valence-electron chi connectivity index (χ0n) is 20.2. The van der Waals surface area contributed by atoms with Gasteiger partial charge in [0.15, 0.2) is 23.0 Å². The van der Waals surface area contributed by atoms with Crippen LogP contribution in [0.5, 0.6) is 28.7 Å². The van der Waals surface area contributed by atoms with E-state index < -0.39 is 26.7 Å². The van der Waals surface area contributed by atoms with Crippen molar-refractivity contribution in [1.29, 1.82) is 0 Å². The molecule has 0 amide bonds. The van der Waals surface area contributed by atoms with Gasteiger partial charge >= 0.3 is 6.18 Å². The summed E-state index contributed by atoms with van der Waals surface area (Å²) in [5.41, 5.74) is -0.0681. The second-order valence-electron chi connectivity index (χ2n) is 7.54. The zero-order chi connectivity index (χ0) is 27.4. The number of ether oxygens (including phenoxy) is 4. The fourth-order valence-corrected chi connectivity index (χ4v) is 4.49. The number of phenols is 1. The van der Waals surface area contributed by atoms with Gasteiger partial charge in [-0.2, -0.15) is 13.2 Å². The van der Waals surface area contributed by atoms with E-state index in [9.17, 15) is 26.7 Å². The summed E-state index contributed by atoms with van der Waals surface area (Å²) in [5.74, 6) is 0.720. The Balaban J connectivity index is 1.97. The highest BCUT2D eigenvalue weighted by Crippen LogP contribution is 2.40. The molecule has 3 aromatic rings. The summed E-state index contributed by atoms with van der Waals surface area (Å²) in [6, 6.07) is 9.14. The molecule has 2 N–H and O–H groups in total. The Kier molecular flexibility index (Phi) is 8.12. The van der Waals surface area contributed by atoms with Gasteiger partial charge in [0.05, 0.1) is 44.6 Å². The van der Waals surface area contributed by atoms with Crippen LogP contribution >= 0.6 is 0 Å². The van der Waals surface area contributed by atoms with Gasteiger partial charge in [-0.3, -0.25) is 4.72 Å². The minimum Gasteiger partial charge on any atom is -0.504 e. The van der Waals surface area contributed by atoms with Gasteiger partial charge in [-0.1, -0.05) is 12.2 Å². The molecule has 3 rings (SSSR count). The maximum atomic E-state index is 12.8. The molecule has 0 radical (unpaired) electrons. The third-order valence-electron chi connectivity index (χ3n) is 5.19. The number of alkyl halides is 3. The van der Waals surface area contributed by atoms with Crippen LogP contribution in [-0.4, -0.2) is 42.0 Å². The van der Waals surface area contributed by atoms with Crippen molar-refractivity contribution in [2.75, 3.05) is 33.2 Å². The van der Waals surface area contributed by atoms with E-state index in [1.807, 2.05) is 0 Å². The molecule has 0 aromatic heterocycles. The first-order valence-electron chi connectivity index (χ1n) is 10.5. The van der Waals surface area contributed by atoms with Gasteiger partial charge in [-0.05, 0) is 59.7 Å². The Hall–Kier alpha value is -4.06. The SMILES string of the molecule is COc1cc(C=Cc2cc(O)c(OC)c(NS(=O)(=O)c3ccc(C(F)(F)F)cc3)c2)cc(OC)c1OC. The Morgan fingerprint density at radius 2 is 1.30 bits per heavy atom. The largest absolute Gasteiger partial charge is 0.504 e. The predicted octanol–water partition coefficient (Wildman–Crippen LogP) is 5.42. The van der Waals surface area contributed by atoms with E-state index in [2.05, 4.69) is 4.72 Å². The van der Waals surface area contributed by atoms with Gasteiger partial charge in [-0.25, -0.2) is 8.42 Å². The first-order chi connectivity index (χ1) is 17.4. The average Bonchev–Trinajstić information content (AvgIpc) is 2.86. The van der Waals surface area contributed by atoms with Crippen LogP contribution in [0.2, 0.25) is 0 Å². The number of phenolic OH excluding ortho intramolecular Hbond substituents is 1. The molecule has 0 fully saturated rings. The number of halogens is 3. The van der Waals surface area contributed by atoms with Gasteiger partial charge in [-0.15, -0.1) is 0 Å². The van der Waals surface area contributed by atoms with Gasteiger partial charge in [0.1, 0.15) is 0 Å². The topological polar surface area (TPSA) is 103 Å². The highest BCUT2D eigenvalue weighted by molar-refractivity contribution is 7.92. The van der Waals surface area contributed by atoms with Crippen LogP contribution in [0.25, 0.3) is 12.2 Å². The van der Waals surface area contributed by atoms with E-state index in [0.29, 0.717) is 40.5 Å². The molecular formula is C25H24F3NO7S. The Labute approximate surface area is 211 Å². The van der Waals surface area contributed by atoms with Gasteiger partial charge in [0.25, 0.3) is 10.0 Å². The summed E-state index contributed by atoms with van der Waals surface area (Å²) < 4.78 is 87.5. The fourth-order valence-electron chi connectivity index (χ4n) is 3.44. The van der Waals surface area contributed by atoms with Crippen molar-refractivity contribution >= 4 is 27.9 Å². The Morgan fingerprint density at radius 1 is 0.784 bits per heavy atom. The van der Waals surface area contributed by atoms with Crippen LogP contribution in [0, 0.1) is 0 Å². The molecular weight excluding hydrogens is 515 g/mol. The van der Waals surface area contributed by atoms with Gasteiger partial charge in [0, 0.05) is 0 Å². The van der Waals surface area contributed by atoms with Crippen molar-refractivity contribution in [1.82, 2.24) is 0 Å². The molecule has 3 aromatic carbocycles. The molecule has 0 saturated carbocycles. The third kappa shape index (κ3) is 6.20. The molecule has 12 heteroatoms. The van der Waals surface area contributed by atoms with E-state index >= 15 is 0 Å². The second kappa shape index (κ2) is 10.9. The van der Waals surface area contributed by atoms with Crippen molar-refractivity contribution in [3.63, 3.8) is 0 Å². The first-order valence-corrected chi connectivity index (χ1v) is 12.0. The summed E-state index contributed by atoms with van der Waals surface area (Å²) >= 11 is 0. The number of sulfonamides is 1. The lowest BCUT2D eigenvalue weighted by Gasteiger charge is -2.15. The normalized spacial score (nSPS) is 11.9. The molecule has 0 bridgehead atoms. The summed E-state index contributed by atoms with van der Waals surface area (Å²) in [7, 11) is 1.34. The van der Waals surface area contributed by atoms with Crippen LogP contribution in [-0.2, 0) is 16.2 Å². The van der Waals surface area contributed by atoms with E-state index in [0.717, 1.165) is 12.1 Å². The molecule has 198 valence electrons. The van der Waals surface area contributed by atoms with Crippen molar-refractivity contribution in [3.05, 3.63) is 65.2 Å². The highest BCUT2D eigenvalue weighted by atomic mass is 32.2.